The zero-order valence-corrected chi connectivity index (χ0v) is 14.9. The molecule has 2 aliphatic heterocycles. The number of benzene rings is 2. The monoisotopic (exact) mass is 367 g/mol. The van der Waals surface area contributed by atoms with E-state index in [0.717, 1.165) is 5.56 Å². The standard InChI is InChI=1S/C19H17N3O3S/c1-11(23)20-12-6-8-13(9-7-12)21-17(24)16-10-26-19-15-5-3-2-4-14(15)18(25)22(16)19/h2-9,16,19H,10H2,1H3,(H,20,23)(H,21,24)/t16-,19?/m0/s1. The van der Waals surface area contributed by atoms with Crippen LogP contribution in [0.2, 0.25) is 0 Å². The number of fused-ring (bicyclic) bond motifs is 3. The summed E-state index contributed by atoms with van der Waals surface area (Å²) in [6.07, 6.45) is 0. The lowest BCUT2D eigenvalue weighted by Crippen LogP contribution is -2.42. The van der Waals surface area contributed by atoms with Crippen LogP contribution < -0.4 is 10.6 Å². The Balaban J connectivity index is 1.48. The third-order valence-electron chi connectivity index (χ3n) is 4.47. The van der Waals surface area contributed by atoms with Gasteiger partial charge in [0.15, 0.2) is 0 Å². The Hall–Kier alpha value is -2.80. The van der Waals surface area contributed by atoms with Gasteiger partial charge in [0.05, 0.1) is 0 Å². The number of hydrogen-bond donors (Lipinski definition) is 2. The number of anilines is 2. The van der Waals surface area contributed by atoms with E-state index in [2.05, 4.69) is 10.6 Å². The van der Waals surface area contributed by atoms with Gasteiger partial charge >= 0.3 is 0 Å². The zero-order chi connectivity index (χ0) is 18.3. The fraction of sp³-hybridized carbons (Fsp3) is 0.211. The van der Waals surface area contributed by atoms with Gasteiger partial charge in [0.25, 0.3) is 5.91 Å². The smallest absolute Gasteiger partial charge is 0.256 e. The predicted molar refractivity (Wildman–Crippen MR) is 101 cm³/mol. The van der Waals surface area contributed by atoms with Crippen LogP contribution >= 0.6 is 11.8 Å². The number of nitrogens with zero attached hydrogens (tertiary/aromatic N) is 1. The number of hydrogen-bond acceptors (Lipinski definition) is 4. The molecule has 0 saturated carbocycles. The maximum atomic E-state index is 12.7. The fourth-order valence-electron chi connectivity index (χ4n) is 3.31. The van der Waals surface area contributed by atoms with Crippen molar-refractivity contribution in [1.82, 2.24) is 4.90 Å². The Morgan fingerprint density at radius 3 is 2.38 bits per heavy atom. The molecule has 0 bridgehead atoms. The van der Waals surface area contributed by atoms with Crippen LogP contribution in [0.25, 0.3) is 0 Å². The number of thioether (sulfide) groups is 1. The lowest BCUT2D eigenvalue weighted by atomic mass is 10.1. The average Bonchev–Trinajstić information content (AvgIpc) is 3.17. The summed E-state index contributed by atoms with van der Waals surface area (Å²) < 4.78 is 0. The van der Waals surface area contributed by atoms with Crippen LogP contribution in [0.3, 0.4) is 0 Å². The molecule has 0 aromatic heterocycles. The number of nitrogens with one attached hydrogen (secondary N) is 2. The minimum Gasteiger partial charge on any atom is -0.326 e. The van der Waals surface area contributed by atoms with E-state index in [4.69, 9.17) is 0 Å². The van der Waals surface area contributed by atoms with Crippen molar-refractivity contribution in [2.75, 3.05) is 16.4 Å². The van der Waals surface area contributed by atoms with Gasteiger partial charge in [0.1, 0.15) is 11.4 Å². The molecule has 2 atom stereocenters. The van der Waals surface area contributed by atoms with Gasteiger partial charge in [-0.25, -0.2) is 0 Å². The van der Waals surface area contributed by atoms with Crippen molar-refractivity contribution in [2.45, 2.75) is 18.3 Å². The van der Waals surface area contributed by atoms with Crippen LogP contribution in [-0.4, -0.2) is 34.4 Å². The highest BCUT2D eigenvalue weighted by Gasteiger charge is 2.48. The molecule has 0 spiro atoms. The summed E-state index contributed by atoms with van der Waals surface area (Å²) in [7, 11) is 0. The van der Waals surface area contributed by atoms with Gasteiger partial charge in [-0.1, -0.05) is 18.2 Å². The lowest BCUT2D eigenvalue weighted by molar-refractivity contribution is -0.119. The Morgan fingerprint density at radius 2 is 1.69 bits per heavy atom. The fourth-order valence-corrected chi connectivity index (χ4v) is 4.77. The second-order valence-electron chi connectivity index (χ2n) is 6.25. The molecule has 2 N–H and O–H groups in total. The molecule has 2 heterocycles. The van der Waals surface area contributed by atoms with Crippen molar-refractivity contribution in [3.63, 3.8) is 0 Å². The minimum absolute atomic E-state index is 0.0863. The van der Waals surface area contributed by atoms with Gasteiger partial charge in [0, 0.05) is 29.6 Å². The molecule has 7 heteroatoms. The number of carbonyl (C=O) groups is 3. The molecular formula is C19H17N3O3S. The molecule has 1 fully saturated rings. The van der Waals surface area contributed by atoms with E-state index in [-0.39, 0.29) is 23.1 Å². The topological polar surface area (TPSA) is 78.5 Å². The highest BCUT2D eigenvalue weighted by molar-refractivity contribution is 7.99. The van der Waals surface area contributed by atoms with Crippen molar-refractivity contribution >= 4 is 40.9 Å². The Morgan fingerprint density at radius 1 is 1.04 bits per heavy atom. The molecule has 4 rings (SSSR count). The first-order chi connectivity index (χ1) is 12.5. The molecular weight excluding hydrogens is 350 g/mol. The molecule has 2 aromatic carbocycles. The summed E-state index contributed by atoms with van der Waals surface area (Å²) in [6.45, 7) is 1.44. The SMILES string of the molecule is CC(=O)Nc1ccc(NC(=O)[C@@H]2CSC3c4ccccc4C(=O)N32)cc1. The van der Waals surface area contributed by atoms with Crippen molar-refractivity contribution in [3.05, 3.63) is 59.7 Å². The molecule has 6 nitrogen and oxygen atoms in total. The Labute approximate surface area is 154 Å². The largest absolute Gasteiger partial charge is 0.326 e. The zero-order valence-electron chi connectivity index (χ0n) is 14.1. The molecule has 3 amide bonds. The van der Waals surface area contributed by atoms with Crippen LogP contribution in [0.15, 0.2) is 48.5 Å². The first-order valence-corrected chi connectivity index (χ1v) is 9.31. The Bertz CT molecular complexity index is 897. The second kappa shape index (κ2) is 6.49. The van der Waals surface area contributed by atoms with E-state index < -0.39 is 6.04 Å². The lowest BCUT2D eigenvalue weighted by Gasteiger charge is -2.22. The number of carbonyl (C=O) groups excluding carboxylic acids is 3. The van der Waals surface area contributed by atoms with Crippen molar-refractivity contribution in [1.29, 1.82) is 0 Å². The van der Waals surface area contributed by atoms with E-state index in [0.29, 0.717) is 22.7 Å². The van der Waals surface area contributed by atoms with E-state index in [1.54, 1.807) is 40.9 Å². The van der Waals surface area contributed by atoms with E-state index in [1.165, 1.54) is 6.92 Å². The van der Waals surface area contributed by atoms with Crippen LogP contribution in [0.4, 0.5) is 11.4 Å². The van der Waals surface area contributed by atoms with Crippen LogP contribution in [-0.2, 0) is 9.59 Å². The summed E-state index contributed by atoms with van der Waals surface area (Å²) in [5.41, 5.74) is 2.96. The number of rotatable bonds is 3. The molecule has 2 aromatic rings. The quantitative estimate of drug-likeness (QED) is 0.874. The maximum Gasteiger partial charge on any atom is 0.256 e. The summed E-state index contributed by atoms with van der Waals surface area (Å²) in [6, 6.07) is 13.9. The summed E-state index contributed by atoms with van der Waals surface area (Å²) >= 11 is 1.61. The Kier molecular flexibility index (Phi) is 4.16. The average molecular weight is 367 g/mol. The van der Waals surface area contributed by atoms with Crippen LogP contribution in [0, 0.1) is 0 Å². The highest BCUT2D eigenvalue weighted by Crippen LogP contribution is 2.48. The van der Waals surface area contributed by atoms with Gasteiger partial charge in [-0.2, -0.15) is 0 Å². The molecule has 1 unspecified atom stereocenters. The molecule has 0 aliphatic carbocycles. The summed E-state index contributed by atoms with van der Waals surface area (Å²) in [5.74, 6) is 0.133. The van der Waals surface area contributed by atoms with Crippen molar-refractivity contribution < 1.29 is 14.4 Å². The van der Waals surface area contributed by atoms with Crippen LogP contribution in [0.1, 0.15) is 28.2 Å². The predicted octanol–water partition coefficient (Wildman–Crippen LogP) is 2.85. The van der Waals surface area contributed by atoms with E-state index in [9.17, 15) is 14.4 Å². The van der Waals surface area contributed by atoms with Gasteiger partial charge in [-0.3, -0.25) is 14.4 Å². The second-order valence-corrected chi connectivity index (χ2v) is 7.36. The maximum absolute atomic E-state index is 12.7. The molecule has 0 radical (unpaired) electrons. The summed E-state index contributed by atoms with van der Waals surface area (Å²) in [4.78, 5) is 38.2. The van der Waals surface area contributed by atoms with E-state index >= 15 is 0 Å². The van der Waals surface area contributed by atoms with Crippen LogP contribution in [0.5, 0.6) is 0 Å². The van der Waals surface area contributed by atoms with Crippen molar-refractivity contribution in [3.8, 4) is 0 Å². The van der Waals surface area contributed by atoms with Gasteiger partial charge < -0.3 is 15.5 Å². The van der Waals surface area contributed by atoms with Gasteiger partial charge in [0.2, 0.25) is 11.8 Å². The molecule has 2 aliphatic rings. The molecule has 26 heavy (non-hydrogen) atoms. The normalized spacial score (nSPS) is 20.5. The summed E-state index contributed by atoms with van der Waals surface area (Å²) in [5, 5.41) is 5.46. The third kappa shape index (κ3) is 2.84. The first kappa shape index (κ1) is 16.7. The first-order valence-electron chi connectivity index (χ1n) is 8.26. The third-order valence-corrected chi connectivity index (χ3v) is 5.77. The van der Waals surface area contributed by atoms with Gasteiger partial charge in [-0.15, -0.1) is 11.8 Å². The van der Waals surface area contributed by atoms with Gasteiger partial charge in [-0.05, 0) is 35.9 Å². The number of amides is 3. The van der Waals surface area contributed by atoms with Crippen molar-refractivity contribution in [2.24, 2.45) is 0 Å². The molecule has 1 saturated heterocycles. The molecule has 132 valence electrons. The van der Waals surface area contributed by atoms with E-state index in [1.807, 2.05) is 24.3 Å². The highest BCUT2D eigenvalue weighted by atomic mass is 32.2. The minimum atomic E-state index is -0.500.